The Balaban J connectivity index is 1.89. The first kappa shape index (κ1) is 14.9. The lowest BCUT2D eigenvalue weighted by atomic mass is 9.99. The molecule has 1 amide bonds. The average Bonchev–Trinajstić information content (AvgIpc) is 3.00. The first-order chi connectivity index (χ1) is 9.70. The Hall–Kier alpha value is -1.55. The van der Waals surface area contributed by atoms with E-state index >= 15 is 0 Å². The van der Waals surface area contributed by atoms with Crippen molar-refractivity contribution in [2.24, 2.45) is 5.92 Å². The van der Waals surface area contributed by atoms with Gasteiger partial charge >= 0.3 is 0 Å². The maximum Gasteiger partial charge on any atom is 0.251 e. The van der Waals surface area contributed by atoms with E-state index in [4.69, 9.17) is 5.11 Å². The van der Waals surface area contributed by atoms with Crippen molar-refractivity contribution in [2.75, 3.05) is 18.5 Å². The van der Waals surface area contributed by atoms with Gasteiger partial charge in [-0.25, -0.2) is 0 Å². The van der Waals surface area contributed by atoms with E-state index in [1.54, 1.807) is 0 Å². The second-order valence-corrected chi connectivity index (χ2v) is 5.53. The monoisotopic (exact) mass is 276 g/mol. The fraction of sp³-hybridized carbons (Fsp3) is 0.562. The van der Waals surface area contributed by atoms with Gasteiger partial charge in [-0.05, 0) is 49.9 Å². The SMILES string of the molecule is CC(Nc1ccc(C(=O)NCCO)cc1)C1CCCC1. The highest BCUT2D eigenvalue weighted by atomic mass is 16.3. The highest BCUT2D eigenvalue weighted by molar-refractivity contribution is 5.94. The van der Waals surface area contributed by atoms with E-state index in [9.17, 15) is 4.79 Å². The zero-order valence-corrected chi connectivity index (χ0v) is 12.1. The summed E-state index contributed by atoms with van der Waals surface area (Å²) in [5.74, 6) is 0.622. The normalized spacial score (nSPS) is 16.9. The number of anilines is 1. The molecule has 1 unspecified atom stereocenters. The predicted octanol–water partition coefficient (Wildman–Crippen LogP) is 2.40. The molecule has 110 valence electrons. The first-order valence-electron chi connectivity index (χ1n) is 7.46. The summed E-state index contributed by atoms with van der Waals surface area (Å²) in [7, 11) is 0. The maximum atomic E-state index is 11.7. The summed E-state index contributed by atoms with van der Waals surface area (Å²) < 4.78 is 0. The summed E-state index contributed by atoms with van der Waals surface area (Å²) in [4.78, 5) is 11.7. The van der Waals surface area contributed by atoms with Crippen LogP contribution in [-0.2, 0) is 0 Å². The van der Waals surface area contributed by atoms with Gasteiger partial charge in [0.1, 0.15) is 0 Å². The Morgan fingerprint density at radius 2 is 1.95 bits per heavy atom. The number of nitrogens with one attached hydrogen (secondary N) is 2. The molecule has 0 bridgehead atoms. The molecule has 1 aromatic carbocycles. The van der Waals surface area contributed by atoms with Crippen molar-refractivity contribution in [1.82, 2.24) is 5.32 Å². The van der Waals surface area contributed by atoms with Crippen LogP contribution in [0.15, 0.2) is 24.3 Å². The summed E-state index contributed by atoms with van der Waals surface area (Å²) in [5.41, 5.74) is 1.68. The summed E-state index contributed by atoms with van der Waals surface area (Å²) in [5, 5.41) is 14.9. The smallest absolute Gasteiger partial charge is 0.251 e. The molecule has 1 aliphatic rings. The van der Waals surface area contributed by atoms with Gasteiger partial charge in [0.15, 0.2) is 0 Å². The van der Waals surface area contributed by atoms with Crippen molar-refractivity contribution in [3.63, 3.8) is 0 Å². The number of hydrogen-bond acceptors (Lipinski definition) is 3. The van der Waals surface area contributed by atoms with E-state index in [1.807, 2.05) is 24.3 Å². The van der Waals surface area contributed by atoms with Gasteiger partial charge in [-0.2, -0.15) is 0 Å². The zero-order chi connectivity index (χ0) is 14.4. The van der Waals surface area contributed by atoms with Gasteiger partial charge in [-0.1, -0.05) is 12.8 Å². The van der Waals surface area contributed by atoms with Crippen LogP contribution in [0.25, 0.3) is 0 Å². The topological polar surface area (TPSA) is 61.4 Å². The van der Waals surface area contributed by atoms with Gasteiger partial charge in [0.2, 0.25) is 0 Å². The van der Waals surface area contributed by atoms with Gasteiger partial charge in [0.25, 0.3) is 5.91 Å². The van der Waals surface area contributed by atoms with Crippen LogP contribution in [0.2, 0.25) is 0 Å². The van der Waals surface area contributed by atoms with Crippen molar-refractivity contribution >= 4 is 11.6 Å². The number of hydrogen-bond donors (Lipinski definition) is 3. The number of carbonyl (C=O) groups is 1. The summed E-state index contributed by atoms with van der Waals surface area (Å²) >= 11 is 0. The third kappa shape index (κ3) is 3.97. The molecule has 1 saturated carbocycles. The Labute approximate surface area is 120 Å². The lowest BCUT2D eigenvalue weighted by Crippen LogP contribution is -2.26. The molecule has 0 saturated heterocycles. The standard InChI is InChI=1S/C16H24N2O2/c1-12(13-4-2-3-5-13)18-15-8-6-14(7-9-15)16(20)17-10-11-19/h6-9,12-13,18-19H,2-5,10-11H2,1H3,(H,17,20). The van der Waals surface area contributed by atoms with Crippen molar-refractivity contribution in [3.05, 3.63) is 29.8 Å². The van der Waals surface area contributed by atoms with Crippen LogP contribution in [0.4, 0.5) is 5.69 Å². The largest absolute Gasteiger partial charge is 0.395 e. The maximum absolute atomic E-state index is 11.7. The van der Waals surface area contributed by atoms with E-state index in [0.29, 0.717) is 11.6 Å². The number of benzene rings is 1. The number of carbonyl (C=O) groups excluding carboxylic acids is 1. The molecular weight excluding hydrogens is 252 g/mol. The van der Waals surface area contributed by atoms with E-state index in [-0.39, 0.29) is 19.1 Å². The molecule has 2 rings (SSSR count). The third-order valence-electron chi connectivity index (χ3n) is 4.05. The van der Waals surface area contributed by atoms with Crippen molar-refractivity contribution in [1.29, 1.82) is 0 Å². The molecule has 0 spiro atoms. The van der Waals surface area contributed by atoms with Crippen molar-refractivity contribution < 1.29 is 9.90 Å². The van der Waals surface area contributed by atoms with Crippen LogP contribution in [0, 0.1) is 5.92 Å². The van der Waals surface area contributed by atoms with E-state index in [1.165, 1.54) is 25.7 Å². The number of rotatable bonds is 6. The molecule has 1 aliphatic carbocycles. The highest BCUT2D eigenvalue weighted by Crippen LogP contribution is 2.29. The molecule has 4 heteroatoms. The minimum Gasteiger partial charge on any atom is -0.395 e. The van der Waals surface area contributed by atoms with Crippen LogP contribution < -0.4 is 10.6 Å². The molecule has 0 aliphatic heterocycles. The molecule has 0 aromatic heterocycles. The second kappa shape index (κ2) is 7.29. The fourth-order valence-electron chi connectivity index (χ4n) is 2.83. The van der Waals surface area contributed by atoms with E-state index in [2.05, 4.69) is 17.6 Å². The lowest BCUT2D eigenvalue weighted by molar-refractivity contribution is 0.0945. The minimum absolute atomic E-state index is 0.0374. The molecule has 20 heavy (non-hydrogen) atoms. The Bertz CT molecular complexity index is 425. The summed E-state index contributed by atoms with van der Waals surface area (Å²) in [6.07, 6.45) is 5.33. The Morgan fingerprint density at radius 3 is 2.55 bits per heavy atom. The molecule has 3 N–H and O–H groups in total. The van der Waals surface area contributed by atoms with Crippen molar-refractivity contribution in [3.8, 4) is 0 Å². The first-order valence-corrected chi connectivity index (χ1v) is 7.46. The van der Waals surface area contributed by atoms with E-state index < -0.39 is 0 Å². The number of amides is 1. The summed E-state index contributed by atoms with van der Waals surface area (Å²) in [6.45, 7) is 2.49. The third-order valence-corrected chi connectivity index (χ3v) is 4.05. The summed E-state index contributed by atoms with van der Waals surface area (Å²) in [6, 6.07) is 8.00. The van der Waals surface area contributed by atoms with Crippen LogP contribution in [0.1, 0.15) is 43.0 Å². The van der Waals surface area contributed by atoms with Crippen molar-refractivity contribution in [2.45, 2.75) is 38.6 Å². The second-order valence-electron chi connectivity index (χ2n) is 5.53. The molecule has 0 heterocycles. The van der Waals surface area contributed by atoms with Gasteiger partial charge in [0.05, 0.1) is 6.61 Å². The molecular formula is C16H24N2O2. The molecule has 1 aromatic rings. The minimum atomic E-state index is -0.144. The van der Waals surface area contributed by atoms with Gasteiger partial charge in [-0.15, -0.1) is 0 Å². The van der Waals surface area contributed by atoms with E-state index in [0.717, 1.165) is 11.6 Å². The Kier molecular flexibility index (Phi) is 5.41. The van der Waals surface area contributed by atoms with Crippen LogP contribution in [0.3, 0.4) is 0 Å². The zero-order valence-electron chi connectivity index (χ0n) is 12.1. The Morgan fingerprint density at radius 1 is 1.30 bits per heavy atom. The lowest BCUT2D eigenvalue weighted by Gasteiger charge is -2.21. The molecule has 0 radical (unpaired) electrons. The van der Waals surface area contributed by atoms with Gasteiger partial charge in [-0.3, -0.25) is 4.79 Å². The quantitative estimate of drug-likeness (QED) is 0.747. The highest BCUT2D eigenvalue weighted by Gasteiger charge is 2.21. The van der Waals surface area contributed by atoms with Crippen LogP contribution >= 0.6 is 0 Å². The molecule has 4 nitrogen and oxygen atoms in total. The van der Waals surface area contributed by atoms with Crippen LogP contribution in [-0.4, -0.2) is 30.2 Å². The van der Waals surface area contributed by atoms with Crippen LogP contribution in [0.5, 0.6) is 0 Å². The van der Waals surface area contributed by atoms with Gasteiger partial charge < -0.3 is 15.7 Å². The average molecular weight is 276 g/mol. The van der Waals surface area contributed by atoms with Gasteiger partial charge in [0, 0.05) is 23.8 Å². The fourth-order valence-corrected chi connectivity index (χ4v) is 2.83. The molecule has 1 fully saturated rings. The number of aliphatic hydroxyl groups is 1. The molecule has 1 atom stereocenters. The number of aliphatic hydroxyl groups excluding tert-OH is 1. The predicted molar refractivity (Wildman–Crippen MR) is 80.9 cm³/mol.